The Kier molecular flexibility index (Phi) is 6.60. The van der Waals surface area contributed by atoms with Crippen molar-refractivity contribution in [2.45, 2.75) is 26.3 Å². The molecule has 0 aliphatic carbocycles. The third kappa shape index (κ3) is 6.57. The summed E-state index contributed by atoms with van der Waals surface area (Å²) in [6.45, 7) is 3.85. The van der Waals surface area contributed by atoms with Crippen LogP contribution in [0.3, 0.4) is 0 Å². The molecule has 0 saturated carbocycles. The van der Waals surface area contributed by atoms with Gasteiger partial charge in [0.15, 0.2) is 0 Å². The lowest BCUT2D eigenvalue weighted by atomic mass is 10.1. The third-order valence-electron chi connectivity index (χ3n) is 2.61. The van der Waals surface area contributed by atoms with Gasteiger partial charge in [0.1, 0.15) is 0 Å². The highest BCUT2D eigenvalue weighted by molar-refractivity contribution is 5.75. The molecule has 0 radical (unpaired) electrons. The first-order chi connectivity index (χ1) is 9.11. The third-order valence-corrected chi connectivity index (χ3v) is 2.61. The van der Waals surface area contributed by atoms with E-state index in [9.17, 15) is 9.59 Å². The smallest absolute Gasteiger partial charge is 0.307 e. The number of carboxylic acid groups (broad SMARTS) is 1. The van der Waals surface area contributed by atoms with Gasteiger partial charge in [0.2, 0.25) is 5.91 Å². The maximum Gasteiger partial charge on any atom is 0.307 e. The Bertz CT molecular complexity index is 415. The maximum atomic E-state index is 11.2. The predicted octanol–water partition coefficient (Wildman–Crippen LogP) is 0.929. The van der Waals surface area contributed by atoms with Crippen LogP contribution in [0.2, 0.25) is 0 Å². The van der Waals surface area contributed by atoms with Gasteiger partial charge >= 0.3 is 5.97 Å². The summed E-state index contributed by atoms with van der Waals surface area (Å²) in [6, 6.07) is 7.43. The van der Waals surface area contributed by atoms with Crippen LogP contribution in [0.4, 0.5) is 0 Å². The summed E-state index contributed by atoms with van der Waals surface area (Å²) in [5.41, 5.74) is 1.86. The van der Waals surface area contributed by atoms with Gasteiger partial charge in [0, 0.05) is 26.1 Å². The molecular weight excluding hydrogens is 244 g/mol. The second kappa shape index (κ2) is 8.26. The average Bonchev–Trinajstić information content (AvgIpc) is 2.36. The molecule has 0 heterocycles. The number of amides is 1. The standard InChI is InChI=1S/C14H20N2O3/c1-2-16-13(17)7-8-15-10-12-5-3-11(4-6-12)9-14(18)19/h3-6,15H,2,7-10H2,1H3,(H,16,17)(H,18,19). The highest BCUT2D eigenvalue weighted by Crippen LogP contribution is 2.05. The molecule has 0 saturated heterocycles. The number of aliphatic carboxylic acids is 1. The minimum Gasteiger partial charge on any atom is -0.481 e. The summed E-state index contributed by atoms with van der Waals surface area (Å²) in [5.74, 6) is -0.778. The topological polar surface area (TPSA) is 78.4 Å². The molecule has 5 nitrogen and oxygen atoms in total. The number of benzene rings is 1. The van der Waals surface area contributed by atoms with Crippen LogP contribution >= 0.6 is 0 Å². The van der Waals surface area contributed by atoms with Crippen LogP contribution in [0.1, 0.15) is 24.5 Å². The molecule has 1 aromatic carbocycles. The molecule has 0 bridgehead atoms. The molecule has 19 heavy (non-hydrogen) atoms. The minimum absolute atomic E-state index is 0.0465. The summed E-state index contributed by atoms with van der Waals surface area (Å²) >= 11 is 0. The Morgan fingerprint density at radius 3 is 2.37 bits per heavy atom. The quantitative estimate of drug-likeness (QED) is 0.610. The van der Waals surface area contributed by atoms with Crippen molar-refractivity contribution in [1.82, 2.24) is 10.6 Å². The number of hydrogen-bond donors (Lipinski definition) is 3. The van der Waals surface area contributed by atoms with E-state index < -0.39 is 5.97 Å². The van der Waals surface area contributed by atoms with Crippen LogP contribution in [0.5, 0.6) is 0 Å². The van der Waals surface area contributed by atoms with Crippen LogP contribution in [-0.2, 0) is 22.6 Å². The van der Waals surface area contributed by atoms with Crippen molar-refractivity contribution in [3.8, 4) is 0 Å². The zero-order valence-corrected chi connectivity index (χ0v) is 11.1. The lowest BCUT2D eigenvalue weighted by Crippen LogP contribution is -2.27. The Labute approximate surface area is 113 Å². The molecule has 0 aliphatic rings. The van der Waals surface area contributed by atoms with E-state index >= 15 is 0 Å². The van der Waals surface area contributed by atoms with E-state index in [0.29, 0.717) is 26.1 Å². The monoisotopic (exact) mass is 264 g/mol. The van der Waals surface area contributed by atoms with Crippen LogP contribution in [-0.4, -0.2) is 30.1 Å². The van der Waals surface area contributed by atoms with E-state index in [4.69, 9.17) is 5.11 Å². The molecule has 1 amide bonds. The van der Waals surface area contributed by atoms with Gasteiger partial charge in [-0.15, -0.1) is 0 Å². The Hall–Kier alpha value is -1.88. The summed E-state index contributed by atoms with van der Waals surface area (Å²) < 4.78 is 0. The molecule has 0 atom stereocenters. The molecule has 0 aliphatic heterocycles. The van der Waals surface area contributed by atoms with Gasteiger partial charge in [-0.1, -0.05) is 24.3 Å². The second-order valence-electron chi connectivity index (χ2n) is 4.27. The number of carboxylic acids is 1. The van der Waals surface area contributed by atoms with Crippen LogP contribution < -0.4 is 10.6 Å². The number of nitrogens with one attached hydrogen (secondary N) is 2. The maximum absolute atomic E-state index is 11.2. The first-order valence-electron chi connectivity index (χ1n) is 6.39. The number of rotatable bonds is 8. The Morgan fingerprint density at radius 2 is 1.79 bits per heavy atom. The lowest BCUT2D eigenvalue weighted by molar-refractivity contribution is -0.136. The van der Waals surface area contributed by atoms with E-state index in [1.807, 2.05) is 31.2 Å². The van der Waals surface area contributed by atoms with Crippen molar-refractivity contribution in [2.75, 3.05) is 13.1 Å². The van der Waals surface area contributed by atoms with Gasteiger partial charge in [-0.2, -0.15) is 0 Å². The molecule has 3 N–H and O–H groups in total. The Balaban J connectivity index is 2.26. The average molecular weight is 264 g/mol. The second-order valence-corrected chi connectivity index (χ2v) is 4.27. The van der Waals surface area contributed by atoms with Gasteiger partial charge in [-0.25, -0.2) is 0 Å². The van der Waals surface area contributed by atoms with Crippen molar-refractivity contribution >= 4 is 11.9 Å². The number of carbonyl (C=O) groups excluding carboxylic acids is 1. The van der Waals surface area contributed by atoms with Crippen LogP contribution in [0, 0.1) is 0 Å². The molecule has 0 aromatic heterocycles. The summed E-state index contributed by atoms with van der Waals surface area (Å²) in [7, 11) is 0. The van der Waals surface area contributed by atoms with Crippen molar-refractivity contribution < 1.29 is 14.7 Å². The molecule has 0 unspecified atom stereocenters. The lowest BCUT2D eigenvalue weighted by Gasteiger charge is -2.06. The molecule has 1 aromatic rings. The van der Waals surface area contributed by atoms with E-state index in [0.717, 1.165) is 11.1 Å². The van der Waals surface area contributed by atoms with Gasteiger partial charge in [-0.05, 0) is 18.1 Å². The van der Waals surface area contributed by atoms with Crippen molar-refractivity contribution in [3.05, 3.63) is 35.4 Å². The number of hydrogen-bond acceptors (Lipinski definition) is 3. The molecule has 5 heteroatoms. The normalized spacial score (nSPS) is 10.2. The summed E-state index contributed by atoms with van der Waals surface area (Å²) in [4.78, 5) is 21.7. The van der Waals surface area contributed by atoms with E-state index in [2.05, 4.69) is 10.6 Å². The highest BCUT2D eigenvalue weighted by atomic mass is 16.4. The van der Waals surface area contributed by atoms with E-state index in [1.165, 1.54) is 0 Å². The van der Waals surface area contributed by atoms with Crippen LogP contribution in [0.15, 0.2) is 24.3 Å². The molecule has 0 fully saturated rings. The van der Waals surface area contributed by atoms with E-state index in [-0.39, 0.29) is 12.3 Å². The van der Waals surface area contributed by atoms with Gasteiger partial charge in [-0.3, -0.25) is 9.59 Å². The van der Waals surface area contributed by atoms with Gasteiger partial charge in [0.25, 0.3) is 0 Å². The SMILES string of the molecule is CCNC(=O)CCNCc1ccc(CC(=O)O)cc1. The molecule has 1 rings (SSSR count). The van der Waals surface area contributed by atoms with Crippen molar-refractivity contribution in [2.24, 2.45) is 0 Å². The zero-order chi connectivity index (χ0) is 14.1. The predicted molar refractivity (Wildman–Crippen MR) is 72.8 cm³/mol. The fourth-order valence-electron chi connectivity index (χ4n) is 1.67. The summed E-state index contributed by atoms with van der Waals surface area (Å²) in [6.07, 6.45) is 0.510. The van der Waals surface area contributed by atoms with Crippen LogP contribution in [0.25, 0.3) is 0 Å². The Morgan fingerprint density at radius 1 is 1.16 bits per heavy atom. The first kappa shape index (κ1) is 15.2. The van der Waals surface area contributed by atoms with Crippen molar-refractivity contribution in [3.63, 3.8) is 0 Å². The molecular formula is C14H20N2O3. The largest absolute Gasteiger partial charge is 0.481 e. The molecule has 104 valence electrons. The minimum atomic E-state index is -0.826. The highest BCUT2D eigenvalue weighted by Gasteiger charge is 2.01. The zero-order valence-electron chi connectivity index (χ0n) is 11.1. The first-order valence-corrected chi connectivity index (χ1v) is 6.39. The van der Waals surface area contributed by atoms with E-state index in [1.54, 1.807) is 0 Å². The number of carbonyl (C=O) groups is 2. The van der Waals surface area contributed by atoms with Gasteiger partial charge in [0.05, 0.1) is 6.42 Å². The van der Waals surface area contributed by atoms with Crippen molar-refractivity contribution in [1.29, 1.82) is 0 Å². The fraction of sp³-hybridized carbons (Fsp3) is 0.429. The molecule has 0 spiro atoms. The fourth-order valence-corrected chi connectivity index (χ4v) is 1.67. The van der Waals surface area contributed by atoms with Gasteiger partial charge < -0.3 is 15.7 Å². The summed E-state index contributed by atoms with van der Waals surface area (Å²) in [5, 5.41) is 14.6.